The molecule has 0 spiro atoms. The Morgan fingerprint density at radius 3 is 2.48 bits per heavy atom. The molecule has 1 fully saturated rings. The van der Waals surface area contributed by atoms with Gasteiger partial charge in [0.25, 0.3) is 0 Å². The van der Waals surface area contributed by atoms with Gasteiger partial charge in [-0.3, -0.25) is 4.90 Å². The summed E-state index contributed by atoms with van der Waals surface area (Å²) < 4.78 is 0. The number of aryl methyl sites for hydroxylation is 1. The molecule has 2 rings (SSSR count). The highest BCUT2D eigenvalue weighted by atomic mass is 16.2. The summed E-state index contributed by atoms with van der Waals surface area (Å²) in [6, 6.07) is 9.38. The lowest BCUT2D eigenvalue weighted by atomic mass is 10.0. The molecule has 0 aliphatic carbocycles. The molecule has 1 atom stereocenters. The van der Waals surface area contributed by atoms with Gasteiger partial charge in [0.2, 0.25) is 0 Å². The molecule has 116 valence electrons. The molecule has 1 aliphatic rings. The lowest BCUT2D eigenvalue weighted by Crippen LogP contribution is -2.51. The zero-order valence-electron chi connectivity index (χ0n) is 13.7. The van der Waals surface area contributed by atoms with Crippen LogP contribution in [-0.2, 0) is 6.42 Å². The third-order valence-electron chi connectivity index (χ3n) is 4.36. The van der Waals surface area contributed by atoms with Crippen LogP contribution in [0.4, 0.5) is 4.79 Å². The van der Waals surface area contributed by atoms with Crippen LogP contribution in [0.2, 0.25) is 0 Å². The highest BCUT2D eigenvalue weighted by molar-refractivity contribution is 5.73. The molecule has 0 radical (unpaired) electrons. The summed E-state index contributed by atoms with van der Waals surface area (Å²) in [5.41, 5.74) is 2.77. The monoisotopic (exact) mass is 289 g/mol. The van der Waals surface area contributed by atoms with E-state index in [1.54, 1.807) is 4.90 Å². The fourth-order valence-electron chi connectivity index (χ4n) is 2.87. The Morgan fingerprint density at radius 2 is 1.90 bits per heavy atom. The molecule has 1 aromatic rings. The summed E-state index contributed by atoms with van der Waals surface area (Å²) in [4.78, 5) is 18.0. The van der Waals surface area contributed by atoms with Crippen molar-refractivity contribution in [1.29, 1.82) is 0 Å². The second kappa shape index (κ2) is 6.94. The molecule has 4 nitrogen and oxygen atoms in total. The first-order valence-electron chi connectivity index (χ1n) is 7.82. The SMILES string of the molecule is CCc1cccc(C(C)N2CCN(C(=O)N(C)C)CC2)c1. The summed E-state index contributed by atoms with van der Waals surface area (Å²) in [6.45, 7) is 7.96. The molecule has 1 aliphatic heterocycles. The van der Waals surface area contributed by atoms with Crippen LogP contribution in [0.5, 0.6) is 0 Å². The van der Waals surface area contributed by atoms with Gasteiger partial charge in [-0.2, -0.15) is 0 Å². The number of benzene rings is 1. The Morgan fingerprint density at radius 1 is 1.24 bits per heavy atom. The molecule has 2 amide bonds. The van der Waals surface area contributed by atoms with Gasteiger partial charge in [-0.25, -0.2) is 4.79 Å². The van der Waals surface area contributed by atoms with Crippen LogP contribution in [-0.4, -0.2) is 61.0 Å². The largest absolute Gasteiger partial charge is 0.331 e. The first-order valence-corrected chi connectivity index (χ1v) is 7.82. The van der Waals surface area contributed by atoms with Crippen LogP contribution in [0, 0.1) is 0 Å². The van der Waals surface area contributed by atoms with E-state index in [-0.39, 0.29) is 6.03 Å². The smallest absolute Gasteiger partial charge is 0.319 e. The number of rotatable bonds is 3. The lowest BCUT2D eigenvalue weighted by Gasteiger charge is -2.39. The van der Waals surface area contributed by atoms with E-state index in [4.69, 9.17) is 0 Å². The van der Waals surface area contributed by atoms with Gasteiger partial charge >= 0.3 is 6.03 Å². The van der Waals surface area contributed by atoms with Gasteiger partial charge in [0.1, 0.15) is 0 Å². The predicted molar refractivity (Wildman–Crippen MR) is 86.5 cm³/mol. The fraction of sp³-hybridized carbons (Fsp3) is 0.588. The predicted octanol–water partition coefficient (Wildman–Crippen LogP) is 2.61. The van der Waals surface area contributed by atoms with E-state index < -0.39 is 0 Å². The van der Waals surface area contributed by atoms with Crippen molar-refractivity contribution < 1.29 is 4.79 Å². The second-order valence-electron chi connectivity index (χ2n) is 5.97. The van der Waals surface area contributed by atoms with E-state index in [9.17, 15) is 4.79 Å². The zero-order chi connectivity index (χ0) is 15.4. The van der Waals surface area contributed by atoms with Gasteiger partial charge in [0.15, 0.2) is 0 Å². The summed E-state index contributed by atoms with van der Waals surface area (Å²) in [5, 5.41) is 0. The average Bonchev–Trinajstić information content (AvgIpc) is 2.53. The van der Waals surface area contributed by atoms with Gasteiger partial charge in [-0.05, 0) is 24.5 Å². The molecule has 1 unspecified atom stereocenters. The number of urea groups is 1. The van der Waals surface area contributed by atoms with Crippen molar-refractivity contribution in [2.45, 2.75) is 26.3 Å². The van der Waals surface area contributed by atoms with E-state index in [0.717, 1.165) is 32.6 Å². The normalized spacial score (nSPS) is 17.6. The Hall–Kier alpha value is -1.55. The highest BCUT2D eigenvalue weighted by Crippen LogP contribution is 2.22. The first-order chi connectivity index (χ1) is 10.0. The van der Waals surface area contributed by atoms with Crippen molar-refractivity contribution in [3.63, 3.8) is 0 Å². The van der Waals surface area contributed by atoms with Gasteiger partial charge in [-0.1, -0.05) is 31.2 Å². The Labute approximate surface area is 128 Å². The minimum atomic E-state index is 0.121. The van der Waals surface area contributed by atoms with E-state index in [1.807, 2.05) is 19.0 Å². The minimum absolute atomic E-state index is 0.121. The van der Waals surface area contributed by atoms with E-state index in [0.29, 0.717) is 6.04 Å². The number of piperazine rings is 1. The Kier molecular flexibility index (Phi) is 5.23. The quantitative estimate of drug-likeness (QED) is 0.855. The maximum absolute atomic E-state index is 12.0. The van der Waals surface area contributed by atoms with Crippen LogP contribution in [0.25, 0.3) is 0 Å². The van der Waals surface area contributed by atoms with Gasteiger partial charge in [-0.15, -0.1) is 0 Å². The maximum atomic E-state index is 12.0. The maximum Gasteiger partial charge on any atom is 0.319 e. The second-order valence-corrected chi connectivity index (χ2v) is 5.97. The molecular formula is C17H27N3O. The van der Waals surface area contributed by atoms with Crippen molar-refractivity contribution in [2.24, 2.45) is 0 Å². The van der Waals surface area contributed by atoms with E-state index in [2.05, 4.69) is 43.0 Å². The van der Waals surface area contributed by atoms with Gasteiger partial charge in [0, 0.05) is 46.3 Å². The molecule has 0 bridgehead atoms. The average molecular weight is 289 g/mol. The summed E-state index contributed by atoms with van der Waals surface area (Å²) in [5.74, 6) is 0. The first kappa shape index (κ1) is 15.8. The molecule has 1 heterocycles. The van der Waals surface area contributed by atoms with Crippen molar-refractivity contribution in [3.8, 4) is 0 Å². The number of hydrogen-bond acceptors (Lipinski definition) is 2. The van der Waals surface area contributed by atoms with Gasteiger partial charge < -0.3 is 9.80 Å². The number of nitrogens with zero attached hydrogens (tertiary/aromatic N) is 3. The molecular weight excluding hydrogens is 262 g/mol. The van der Waals surface area contributed by atoms with Crippen LogP contribution in [0.15, 0.2) is 24.3 Å². The number of amides is 2. The van der Waals surface area contributed by atoms with Crippen LogP contribution >= 0.6 is 0 Å². The number of carbonyl (C=O) groups excluding carboxylic acids is 1. The fourth-order valence-corrected chi connectivity index (χ4v) is 2.87. The summed E-state index contributed by atoms with van der Waals surface area (Å²) in [7, 11) is 3.63. The third kappa shape index (κ3) is 3.76. The van der Waals surface area contributed by atoms with Crippen LogP contribution in [0.3, 0.4) is 0 Å². The van der Waals surface area contributed by atoms with E-state index >= 15 is 0 Å². The zero-order valence-corrected chi connectivity index (χ0v) is 13.7. The number of carbonyl (C=O) groups is 1. The Bertz CT molecular complexity index is 479. The number of hydrogen-bond donors (Lipinski definition) is 0. The highest BCUT2D eigenvalue weighted by Gasteiger charge is 2.25. The minimum Gasteiger partial charge on any atom is -0.331 e. The van der Waals surface area contributed by atoms with Gasteiger partial charge in [0.05, 0.1) is 0 Å². The molecule has 21 heavy (non-hydrogen) atoms. The summed E-state index contributed by atoms with van der Waals surface area (Å²) >= 11 is 0. The van der Waals surface area contributed by atoms with Crippen LogP contribution in [0.1, 0.15) is 31.0 Å². The van der Waals surface area contributed by atoms with Crippen molar-refractivity contribution in [2.75, 3.05) is 40.3 Å². The molecule has 1 saturated heterocycles. The van der Waals surface area contributed by atoms with Crippen molar-refractivity contribution in [1.82, 2.24) is 14.7 Å². The Balaban J connectivity index is 1.96. The topological polar surface area (TPSA) is 26.8 Å². The van der Waals surface area contributed by atoms with Crippen molar-refractivity contribution >= 4 is 6.03 Å². The molecule has 0 N–H and O–H groups in total. The third-order valence-corrected chi connectivity index (χ3v) is 4.36. The van der Waals surface area contributed by atoms with Crippen LogP contribution < -0.4 is 0 Å². The molecule has 4 heteroatoms. The summed E-state index contributed by atoms with van der Waals surface area (Å²) in [6.07, 6.45) is 1.08. The van der Waals surface area contributed by atoms with E-state index in [1.165, 1.54) is 11.1 Å². The standard InChI is InChI=1S/C17H27N3O/c1-5-15-7-6-8-16(13-15)14(2)19-9-11-20(12-10-19)17(21)18(3)4/h6-8,13-14H,5,9-12H2,1-4H3. The molecule has 1 aromatic carbocycles. The lowest BCUT2D eigenvalue weighted by molar-refractivity contribution is 0.102. The molecule has 0 aromatic heterocycles. The van der Waals surface area contributed by atoms with Crippen molar-refractivity contribution in [3.05, 3.63) is 35.4 Å². The molecule has 0 saturated carbocycles.